The van der Waals surface area contributed by atoms with Gasteiger partial charge in [-0.1, -0.05) is 10.8 Å². The summed E-state index contributed by atoms with van der Waals surface area (Å²) in [5.41, 5.74) is 0. The fraction of sp³-hybridized carbons (Fsp3) is 1.00. The Labute approximate surface area is 46.9 Å². The van der Waals surface area contributed by atoms with Gasteiger partial charge in [-0.05, 0) is 6.92 Å². The maximum atomic E-state index is 3.98. The summed E-state index contributed by atoms with van der Waals surface area (Å²) in [6.07, 6.45) is 0. The van der Waals surface area contributed by atoms with E-state index in [4.69, 9.17) is 0 Å². The molecule has 0 fully saturated rings. The Kier molecular flexibility index (Phi) is 3.93. The third kappa shape index (κ3) is 5.05. The standard InChI is InChI=1S/C2H6S3/c1-2(3)5-4/h2-4H,1H3. The third-order valence-electron chi connectivity index (χ3n) is 0.153. The first kappa shape index (κ1) is 6.05. The maximum Gasteiger partial charge on any atom is 0.0545 e. The van der Waals surface area contributed by atoms with Crippen molar-refractivity contribution in [3.63, 3.8) is 0 Å². The molecule has 32 valence electrons. The number of hydrogen-bond acceptors (Lipinski definition) is 3. The summed E-state index contributed by atoms with van der Waals surface area (Å²) < 4.78 is 0.360. The van der Waals surface area contributed by atoms with E-state index in [1.807, 2.05) is 6.92 Å². The van der Waals surface area contributed by atoms with E-state index < -0.39 is 0 Å². The van der Waals surface area contributed by atoms with Crippen molar-refractivity contribution in [3.8, 4) is 0 Å². The average molecular weight is 126 g/mol. The van der Waals surface area contributed by atoms with Crippen LogP contribution in [0.1, 0.15) is 6.92 Å². The largest absolute Gasteiger partial charge is 0.164 e. The summed E-state index contributed by atoms with van der Waals surface area (Å²) in [5, 5.41) is 0. The predicted octanol–water partition coefficient (Wildman–Crippen LogP) is 1.84. The fourth-order valence-electron chi connectivity index (χ4n) is 0. The molecule has 0 aliphatic heterocycles. The van der Waals surface area contributed by atoms with Crippen LogP contribution in [-0.2, 0) is 0 Å². The van der Waals surface area contributed by atoms with Gasteiger partial charge >= 0.3 is 0 Å². The topological polar surface area (TPSA) is 0 Å². The van der Waals surface area contributed by atoms with Crippen LogP contribution in [0, 0.1) is 0 Å². The number of thiol groups is 2. The molecule has 1 atom stereocenters. The first-order valence-electron chi connectivity index (χ1n) is 1.25. The van der Waals surface area contributed by atoms with E-state index in [0.717, 1.165) is 0 Å². The van der Waals surface area contributed by atoms with Crippen molar-refractivity contribution in [2.75, 3.05) is 0 Å². The molecule has 0 amide bonds. The molecule has 0 saturated carbocycles. The summed E-state index contributed by atoms with van der Waals surface area (Å²) in [6, 6.07) is 0. The minimum Gasteiger partial charge on any atom is -0.164 e. The van der Waals surface area contributed by atoms with E-state index in [1.165, 1.54) is 10.8 Å². The summed E-state index contributed by atoms with van der Waals surface area (Å²) in [5.74, 6) is 0. The highest BCUT2D eigenvalue weighted by atomic mass is 33.1. The monoisotopic (exact) mass is 126 g/mol. The smallest absolute Gasteiger partial charge is 0.0545 e. The Morgan fingerprint density at radius 1 is 1.80 bits per heavy atom. The molecule has 0 rings (SSSR count). The zero-order valence-electron chi connectivity index (χ0n) is 2.88. The van der Waals surface area contributed by atoms with Crippen LogP contribution < -0.4 is 0 Å². The van der Waals surface area contributed by atoms with Crippen molar-refractivity contribution < 1.29 is 0 Å². The highest BCUT2D eigenvalue weighted by molar-refractivity contribution is 8.70. The molecule has 3 heteroatoms. The highest BCUT2D eigenvalue weighted by Crippen LogP contribution is 2.15. The molecular weight excluding hydrogens is 120 g/mol. The van der Waals surface area contributed by atoms with Gasteiger partial charge in [-0.3, -0.25) is 0 Å². The van der Waals surface area contributed by atoms with Crippen molar-refractivity contribution in [2.24, 2.45) is 0 Å². The van der Waals surface area contributed by atoms with Gasteiger partial charge in [0.05, 0.1) is 4.58 Å². The van der Waals surface area contributed by atoms with E-state index in [9.17, 15) is 0 Å². The Hall–Kier alpha value is 1.05. The van der Waals surface area contributed by atoms with Crippen LogP contribution in [0.4, 0.5) is 0 Å². The van der Waals surface area contributed by atoms with Crippen LogP contribution in [0.15, 0.2) is 0 Å². The van der Waals surface area contributed by atoms with E-state index in [2.05, 4.69) is 24.3 Å². The van der Waals surface area contributed by atoms with Gasteiger partial charge in [0, 0.05) is 0 Å². The van der Waals surface area contributed by atoms with E-state index in [-0.39, 0.29) is 0 Å². The van der Waals surface area contributed by atoms with Gasteiger partial charge in [0.1, 0.15) is 0 Å². The lowest BCUT2D eigenvalue weighted by Gasteiger charge is -1.88. The first-order chi connectivity index (χ1) is 2.27. The molecule has 0 aliphatic carbocycles. The Bertz CT molecular complexity index is 18.9. The van der Waals surface area contributed by atoms with Crippen molar-refractivity contribution >= 4 is 35.1 Å². The molecule has 0 radical (unpaired) electrons. The van der Waals surface area contributed by atoms with Gasteiger partial charge in [0.15, 0.2) is 0 Å². The molecule has 0 saturated heterocycles. The van der Waals surface area contributed by atoms with Gasteiger partial charge in [0.2, 0.25) is 0 Å². The van der Waals surface area contributed by atoms with Gasteiger partial charge in [0.25, 0.3) is 0 Å². The third-order valence-corrected chi connectivity index (χ3v) is 2.22. The zero-order valence-corrected chi connectivity index (χ0v) is 5.49. The van der Waals surface area contributed by atoms with Crippen molar-refractivity contribution in [1.82, 2.24) is 0 Å². The first-order valence-corrected chi connectivity index (χ1v) is 3.70. The zero-order chi connectivity index (χ0) is 4.28. The quantitative estimate of drug-likeness (QED) is 0.307. The van der Waals surface area contributed by atoms with Gasteiger partial charge in [-0.2, -0.15) is 12.6 Å². The molecule has 0 N–H and O–H groups in total. The molecule has 0 nitrogen and oxygen atoms in total. The second kappa shape index (κ2) is 3.25. The second-order valence-electron chi connectivity index (χ2n) is 0.705. The second-order valence-corrected chi connectivity index (χ2v) is 3.38. The van der Waals surface area contributed by atoms with Gasteiger partial charge in [-0.25, -0.2) is 0 Å². The van der Waals surface area contributed by atoms with Crippen molar-refractivity contribution in [2.45, 2.75) is 11.5 Å². The van der Waals surface area contributed by atoms with Gasteiger partial charge in [-0.15, -0.1) is 11.7 Å². The predicted molar refractivity (Wildman–Crippen MR) is 35.0 cm³/mol. The molecule has 1 unspecified atom stereocenters. The van der Waals surface area contributed by atoms with E-state index in [0.29, 0.717) is 4.58 Å². The number of rotatable bonds is 1. The van der Waals surface area contributed by atoms with Crippen LogP contribution in [0.3, 0.4) is 0 Å². The Morgan fingerprint density at radius 3 is 2.00 bits per heavy atom. The van der Waals surface area contributed by atoms with Gasteiger partial charge < -0.3 is 0 Å². The molecule has 0 bridgehead atoms. The molecule has 5 heavy (non-hydrogen) atoms. The minimum atomic E-state index is 0.360. The van der Waals surface area contributed by atoms with Crippen molar-refractivity contribution in [3.05, 3.63) is 0 Å². The lowest BCUT2D eigenvalue weighted by Crippen LogP contribution is -1.70. The molecule has 0 aromatic rings. The number of hydrogen-bond donors (Lipinski definition) is 2. The molecular formula is C2H6S3. The summed E-state index contributed by atoms with van der Waals surface area (Å²) in [7, 11) is 1.44. The van der Waals surface area contributed by atoms with Crippen LogP contribution in [-0.4, -0.2) is 4.58 Å². The molecule has 0 aliphatic rings. The normalized spacial score (nSPS) is 15.0. The van der Waals surface area contributed by atoms with E-state index >= 15 is 0 Å². The summed E-state index contributed by atoms with van der Waals surface area (Å²) in [4.78, 5) is 0. The minimum absolute atomic E-state index is 0.360. The maximum absolute atomic E-state index is 3.98. The lowest BCUT2D eigenvalue weighted by molar-refractivity contribution is 1.45. The summed E-state index contributed by atoms with van der Waals surface area (Å²) in [6.45, 7) is 1.97. The van der Waals surface area contributed by atoms with Crippen molar-refractivity contribution in [1.29, 1.82) is 0 Å². The molecule has 0 heterocycles. The highest BCUT2D eigenvalue weighted by Gasteiger charge is 1.82. The average Bonchev–Trinajstić information content (AvgIpc) is 1.38. The molecule has 0 spiro atoms. The van der Waals surface area contributed by atoms with Crippen LogP contribution in [0.2, 0.25) is 0 Å². The Balaban J connectivity index is 2.54. The SMILES string of the molecule is CC(S)SS. The molecule has 0 aromatic carbocycles. The Morgan fingerprint density at radius 2 is 2.00 bits per heavy atom. The molecule has 0 aromatic heterocycles. The van der Waals surface area contributed by atoms with E-state index in [1.54, 1.807) is 0 Å². The van der Waals surface area contributed by atoms with Crippen LogP contribution in [0.5, 0.6) is 0 Å². The van der Waals surface area contributed by atoms with Crippen LogP contribution >= 0.6 is 35.1 Å². The lowest BCUT2D eigenvalue weighted by atomic mass is 11.0. The van der Waals surface area contributed by atoms with Crippen LogP contribution in [0.25, 0.3) is 0 Å². The summed E-state index contributed by atoms with van der Waals surface area (Å²) >= 11 is 7.84. The fourth-order valence-corrected chi connectivity index (χ4v) is 0.